The van der Waals surface area contributed by atoms with Gasteiger partial charge in [0, 0.05) is 24.4 Å². The maximum atomic E-state index is 13.7. The summed E-state index contributed by atoms with van der Waals surface area (Å²) in [7, 11) is 4.04. The third-order valence-electron chi connectivity index (χ3n) is 3.12. The fourth-order valence-electron chi connectivity index (χ4n) is 2.04. The first-order chi connectivity index (χ1) is 10.9. The van der Waals surface area contributed by atoms with E-state index in [1.165, 1.54) is 12.1 Å². The average Bonchev–Trinajstić information content (AvgIpc) is 2.46. The van der Waals surface area contributed by atoms with E-state index in [1.807, 2.05) is 27.1 Å². The van der Waals surface area contributed by atoms with Crippen molar-refractivity contribution >= 4 is 17.5 Å². The second-order valence-corrected chi connectivity index (χ2v) is 5.55. The van der Waals surface area contributed by atoms with E-state index in [0.717, 1.165) is 31.3 Å². The Labute approximate surface area is 134 Å². The van der Waals surface area contributed by atoms with Gasteiger partial charge in [0.15, 0.2) is 0 Å². The number of aryl methyl sites for hydroxylation is 1. The minimum Gasteiger partial charge on any atom is -0.370 e. The number of nitrogens with zero attached hydrogens (tertiary/aromatic N) is 3. The fraction of sp³-hybridized carbons (Fsp3) is 0.375. The SMILES string of the molecule is Cc1cc(NCCCN(C)C)nc(Nc2ccc(F)cc2F)n1. The third kappa shape index (κ3) is 5.45. The van der Waals surface area contributed by atoms with Crippen LogP contribution in [-0.4, -0.2) is 42.1 Å². The van der Waals surface area contributed by atoms with Crippen molar-refractivity contribution < 1.29 is 8.78 Å². The zero-order valence-corrected chi connectivity index (χ0v) is 13.5. The summed E-state index contributed by atoms with van der Waals surface area (Å²) in [6.45, 7) is 3.58. The van der Waals surface area contributed by atoms with E-state index in [9.17, 15) is 8.78 Å². The van der Waals surface area contributed by atoms with Gasteiger partial charge in [-0.2, -0.15) is 4.98 Å². The molecular formula is C16H21F2N5. The highest BCUT2D eigenvalue weighted by molar-refractivity contribution is 5.56. The smallest absolute Gasteiger partial charge is 0.229 e. The fourth-order valence-corrected chi connectivity index (χ4v) is 2.04. The van der Waals surface area contributed by atoms with Crippen LogP contribution in [0.4, 0.5) is 26.2 Å². The second-order valence-electron chi connectivity index (χ2n) is 5.55. The van der Waals surface area contributed by atoms with Gasteiger partial charge in [0.1, 0.15) is 17.5 Å². The molecule has 0 radical (unpaired) electrons. The molecule has 0 saturated carbocycles. The Morgan fingerprint density at radius 3 is 2.61 bits per heavy atom. The summed E-state index contributed by atoms with van der Waals surface area (Å²) < 4.78 is 26.6. The molecule has 0 unspecified atom stereocenters. The molecular weight excluding hydrogens is 300 g/mol. The van der Waals surface area contributed by atoms with Crippen molar-refractivity contribution in [2.24, 2.45) is 0 Å². The first-order valence-corrected chi connectivity index (χ1v) is 7.40. The third-order valence-corrected chi connectivity index (χ3v) is 3.12. The van der Waals surface area contributed by atoms with Crippen molar-refractivity contribution in [2.45, 2.75) is 13.3 Å². The van der Waals surface area contributed by atoms with E-state index < -0.39 is 11.6 Å². The number of aromatic nitrogens is 2. The summed E-state index contributed by atoms with van der Waals surface area (Å²) in [5.41, 5.74) is 0.885. The van der Waals surface area contributed by atoms with Gasteiger partial charge in [0.25, 0.3) is 0 Å². The number of hydrogen-bond donors (Lipinski definition) is 2. The normalized spacial score (nSPS) is 10.9. The highest BCUT2D eigenvalue weighted by Crippen LogP contribution is 2.19. The number of rotatable bonds is 7. The maximum absolute atomic E-state index is 13.7. The molecule has 1 aromatic heterocycles. The Hall–Kier alpha value is -2.28. The van der Waals surface area contributed by atoms with Crippen LogP contribution in [0.5, 0.6) is 0 Å². The number of anilines is 3. The van der Waals surface area contributed by atoms with Gasteiger partial charge in [-0.3, -0.25) is 0 Å². The molecule has 0 bridgehead atoms. The molecule has 0 aliphatic carbocycles. The standard InChI is InChI=1S/C16H21F2N5/c1-11-9-15(19-7-4-8-23(2)3)22-16(20-11)21-14-6-5-12(17)10-13(14)18/h5-6,9-10H,4,7-8H2,1-3H3,(H2,19,20,21,22). The van der Waals surface area contributed by atoms with Crippen molar-refractivity contribution in [2.75, 3.05) is 37.8 Å². The number of halogens is 2. The van der Waals surface area contributed by atoms with Gasteiger partial charge in [-0.25, -0.2) is 13.8 Å². The Balaban J connectivity index is 2.04. The zero-order chi connectivity index (χ0) is 16.8. The lowest BCUT2D eigenvalue weighted by molar-refractivity contribution is 0.405. The van der Waals surface area contributed by atoms with E-state index in [-0.39, 0.29) is 11.6 Å². The number of benzene rings is 1. The number of nitrogens with one attached hydrogen (secondary N) is 2. The summed E-state index contributed by atoms with van der Waals surface area (Å²) in [6.07, 6.45) is 0.978. The summed E-state index contributed by atoms with van der Waals surface area (Å²) in [4.78, 5) is 10.6. The highest BCUT2D eigenvalue weighted by atomic mass is 19.1. The average molecular weight is 321 g/mol. The van der Waals surface area contributed by atoms with Crippen LogP contribution >= 0.6 is 0 Å². The molecule has 1 aromatic carbocycles. The summed E-state index contributed by atoms with van der Waals surface area (Å²) in [5.74, 6) is -0.371. The van der Waals surface area contributed by atoms with Crippen molar-refractivity contribution in [1.29, 1.82) is 0 Å². The van der Waals surface area contributed by atoms with Crippen LogP contribution in [0, 0.1) is 18.6 Å². The topological polar surface area (TPSA) is 53.1 Å². The van der Waals surface area contributed by atoms with E-state index >= 15 is 0 Å². The van der Waals surface area contributed by atoms with Crippen molar-refractivity contribution in [3.05, 3.63) is 41.6 Å². The summed E-state index contributed by atoms with van der Waals surface area (Å²) >= 11 is 0. The van der Waals surface area contributed by atoms with Crippen molar-refractivity contribution in [1.82, 2.24) is 14.9 Å². The maximum Gasteiger partial charge on any atom is 0.229 e. The second kappa shape index (κ2) is 7.82. The van der Waals surface area contributed by atoms with Crippen LogP contribution in [0.2, 0.25) is 0 Å². The van der Waals surface area contributed by atoms with Crippen LogP contribution in [0.3, 0.4) is 0 Å². The van der Waals surface area contributed by atoms with Gasteiger partial charge < -0.3 is 15.5 Å². The van der Waals surface area contributed by atoms with Gasteiger partial charge in [0.2, 0.25) is 5.95 Å². The van der Waals surface area contributed by atoms with E-state index in [4.69, 9.17) is 0 Å². The molecule has 0 spiro atoms. The van der Waals surface area contributed by atoms with E-state index in [0.29, 0.717) is 5.82 Å². The molecule has 0 saturated heterocycles. The van der Waals surface area contributed by atoms with Crippen LogP contribution in [0.15, 0.2) is 24.3 Å². The van der Waals surface area contributed by atoms with Crippen molar-refractivity contribution in [3.63, 3.8) is 0 Å². The molecule has 2 aromatic rings. The molecule has 124 valence electrons. The minimum atomic E-state index is -0.685. The Morgan fingerprint density at radius 1 is 1.13 bits per heavy atom. The molecule has 0 atom stereocenters. The van der Waals surface area contributed by atoms with E-state index in [2.05, 4.69) is 25.5 Å². The van der Waals surface area contributed by atoms with Gasteiger partial charge in [-0.15, -0.1) is 0 Å². The lowest BCUT2D eigenvalue weighted by Crippen LogP contribution is -2.17. The molecule has 0 fully saturated rings. The quantitative estimate of drug-likeness (QED) is 0.767. The molecule has 2 rings (SSSR count). The lowest BCUT2D eigenvalue weighted by Gasteiger charge is -2.12. The van der Waals surface area contributed by atoms with Gasteiger partial charge >= 0.3 is 0 Å². The zero-order valence-electron chi connectivity index (χ0n) is 13.5. The predicted octanol–water partition coefficient (Wildman–Crippen LogP) is 3.17. The molecule has 5 nitrogen and oxygen atoms in total. The summed E-state index contributed by atoms with van der Waals surface area (Å²) in [6, 6.07) is 5.14. The molecule has 0 aliphatic rings. The van der Waals surface area contributed by atoms with Gasteiger partial charge in [-0.05, 0) is 46.1 Å². The number of hydrogen-bond acceptors (Lipinski definition) is 5. The first kappa shape index (κ1) is 17.1. The molecule has 23 heavy (non-hydrogen) atoms. The Morgan fingerprint density at radius 2 is 1.91 bits per heavy atom. The highest BCUT2D eigenvalue weighted by Gasteiger charge is 2.07. The van der Waals surface area contributed by atoms with Crippen LogP contribution in [0.25, 0.3) is 0 Å². The van der Waals surface area contributed by atoms with Crippen LogP contribution in [-0.2, 0) is 0 Å². The van der Waals surface area contributed by atoms with Gasteiger partial charge in [0.05, 0.1) is 5.69 Å². The molecule has 0 amide bonds. The largest absolute Gasteiger partial charge is 0.370 e. The van der Waals surface area contributed by atoms with Crippen molar-refractivity contribution in [3.8, 4) is 0 Å². The van der Waals surface area contributed by atoms with Crippen LogP contribution < -0.4 is 10.6 Å². The first-order valence-electron chi connectivity index (χ1n) is 7.40. The monoisotopic (exact) mass is 321 g/mol. The molecule has 2 N–H and O–H groups in total. The predicted molar refractivity (Wildman–Crippen MR) is 88.1 cm³/mol. The summed E-state index contributed by atoms with van der Waals surface area (Å²) in [5, 5.41) is 6.00. The Kier molecular flexibility index (Phi) is 5.81. The molecule has 7 heteroatoms. The van der Waals surface area contributed by atoms with Crippen LogP contribution in [0.1, 0.15) is 12.1 Å². The molecule has 1 heterocycles. The lowest BCUT2D eigenvalue weighted by atomic mass is 10.3. The molecule has 0 aliphatic heterocycles. The van der Waals surface area contributed by atoms with Gasteiger partial charge in [-0.1, -0.05) is 0 Å². The Bertz CT molecular complexity index is 661. The van der Waals surface area contributed by atoms with E-state index in [1.54, 1.807) is 0 Å². The minimum absolute atomic E-state index is 0.135.